The van der Waals surface area contributed by atoms with E-state index in [0.717, 1.165) is 45.7 Å². The van der Waals surface area contributed by atoms with E-state index in [1.54, 1.807) is 18.4 Å². The monoisotopic (exact) mass is 416 g/mol. The molecular weight excluding hydrogens is 391 g/mol. The minimum absolute atomic E-state index is 0. The average Bonchev–Trinajstić information content (AvgIpc) is 3.37. The number of oxazole rings is 1. The summed E-state index contributed by atoms with van der Waals surface area (Å²) < 4.78 is 11.0. The molecule has 9 heteroatoms. The molecule has 1 atom stereocenters. The van der Waals surface area contributed by atoms with Crippen LogP contribution < -0.4 is 5.32 Å². The number of halogens is 2. The van der Waals surface area contributed by atoms with E-state index in [1.807, 2.05) is 11.8 Å². The molecule has 4 heterocycles. The van der Waals surface area contributed by atoms with Crippen molar-refractivity contribution in [1.29, 1.82) is 0 Å². The van der Waals surface area contributed by atoms with Gasteiger partial charge in [0.05, 0.1) is 18.4 Å². The molecular formula is C18H26Cl2N4O3. The highest BCUT2D eigenvalue weighted by Crippen LogP contribution is 2.23. The van der Waals surface area contributed by atoms with E-state index in [1.165, 1.54) is 0 Å². The standard InChI is InChI=1S/C18H24N4O3.2ClH/c1-13-15(20-18(25-13)16-3-2-10-24-16)11-17(23)22-7-4-14(12-22)21-8-5-19-6-9-21;;/h2-3,10,14,19H,4-9,11-12H2,1H3;2*1H. The van der Waals surface area contributed by atoms with Crippen LogP contribution in [-0.4, -0.2) is 66.0 Å². The van der Waals surface area contributed by atoms with Gasteiger partial charge in [-0.1, -0.05) is 0 Å². The third-order valence-electron chi connectivity index (χ3n) is 5.13. The van der Waals surface area contributed by atoms with Gasteiger partial charge in [-0.25, -0.2) is 4.98 Å². The highest BCUT2D eigenvalue weighted by atomic mass is 35.5. The fraction of sp³-hybridized carbons (Fsp3) is 0.556. The van der Waals surface area contributed by atoms with Crippen molar-refractivity contribution in [1.82, 2.24) is 20.1 Å². The molecule has 2 aromatic heterocycles. The maximum absolute atomic E-state index is 12.7. The zero-order valence-electron chi connectivity index (χ0n) is 15.3. The number of rotatable bonds is 4. The van der Waals surface area contributed by atoms with Gasteiger partial charge in [-0.15, -0.1) is 24.8 Å². The third-order valence-corrected chi connectivity index (χ3v) is 5.13. The largest absolute Gasteiger partial charge is 0.459 e. The zero-order chi connectivity index (χ0) is 17.2. The Morgan fingerprint density at radius 2 is 2.07 bits per heavy atom. The molecule has 2 fully saturated rings. The number of aryl methyl sites for hydroxylation is 1. The predicted octanol–water partition coefficient (Wildman–Crippen LogP) is 2.14. The molecule has 1 N–H and O–H groups in total. The first-order valence-electron chi connectivity index (χ1n) is 8.93. The third kappa shape index (κ3) is 4.85. The molecule has 1 unspecified atom stereocenters. The summed E-state index contributed by atoms with van der Waals surface area (Å²) in [5.74, 6) is 1.82. The molecule has 0 saturated carbocycles. The second kappa shape index (κ2) is 9.59. The summed E-state index contributed by atoms with van der Waals surface area (Å²) in [6.07, 6.45) is 2.92. The van der Waals surface area contributed by atoms with Crippen molar-refractivity contribution in [2.75, 3.05) is 39.3 Å². The highest BCUT2D eigenvalue weighted by Gasteiger charge is 2.31. The summed E-state index contributed by atoms with van der Waals surface area (Å²) in [4.78, 5) is 21.6. The molecule has 2 aliphatic rings. The van der Waals surface area contributed by atoms with Gasteiger partial charge in [0.2, 0.25) is 5.91 Å². The van der Waals surface area contributed by atoms with Crippen LogP contribution in [0.25, 0.3) is 11.7 Å². The van der Waals surface area contributed by atoms with E-state index in [2.05, 4.69) is 15.2 Å². The number of likely N-dealkylation sites (tertiary alicyclic amines) is 1. The van der Waals surface area contributed by atoms with Crippen LogP contribution in [0, 0.1) is 6.92 Å². The van der Waals surface area contributed by atoms with Crippen molar-refractivity contribution in [3.8, 4) is 11.7 Å². The number of amides is 1. The molecule has 27 heavy (non-hydrogen) atoms. The van der Waals surface area contributed by atoms with Crippen LogP contribution in [0.3, 0.4) is 0 Å². The number of hydrogen-bond donors (Lipinski definition) is 1. The molecule has 0 aliphatic carbocycles. The van der Waals surface area contributed by atoms with Crippen LogP contribution in [0.1, 0.15) is 17.9 Å². The quantitative estimate of drug-likeness (QED) is 0.822. The van der Waals surface area contributed by atoms with Crippen LogP contribution >= 0.6 is 24.8 Å². The summed E-state index contributed by atoms with van der Waals surface area (Å²) in [5, 5.41) is 3.38. The van der Waals surface area contributed by atoms with Crippen LogP contribution in [0.5, 0.6) is 0 Å². The number of carbonyl (C=O) groups excluding carboxylic acids is 1. The molecule has 2 aliphatic heterocycles. The van der Waals surface area contributed by atoms with E-state index in [-0.39, 0.29) is 37.1 Å². The Kier molecular flexibility index (Phi) is 7.73. The number of hydrogen-bond acceptors (Lipinski definition) is 6. The van der Waals surface area contributed by atoms with Crippen LogP contribution in [-0.2, 0) is 11.2 Å². The predicted molar refractivity (Wildman–Crippen MR) is 107 cm³/mol. The van der Waals surface area contributed by atoms with Gasteiger partial charge in [0.1, 0.15) is 5.76 Å². The van der Waals surface area contributed by atoms with Gasteiger partial charge in [0.25, 0.3) is 5.89 Å². The normalized spacial score (nSPS) is 20.2. The SMILES string of the molecule is Cc1oc(-c2ccco2)nc1CC(=O)N1CCC(N2CCNCC2)C1.Cl.Cl. The van der Waals surface area contributed by atoms with Crippen molar-refractivity contribution in [2.45, 2.75) is 25.8 Å². The van der Waals surface area contributed by atoms with E-state index < -0.39 is 0 Å². The van der Waals surface area contributed by atoms with Gasteiger partial charge in [-0.3, -0.25) is 9.69 Å². The summed E-state index contributed by atoms with van der Waals surface area (Å²) in [5.41, 5.74) is 0.696. The number of nitrogens with one attached hydrogen (secondary N) is 1. The summed E-state index contributed by atoms with van der Waals surface area (Å²) in [6, 6.07) is 4.08. The van der Waals surface area contributed by atoms with E-state index in [0.29, 0.717) is 29.1 Å². The molecule has 0 bridgehead atoms. The van der Waals surface area contributed by atoms with Gasteiger partial charge in [0.15, 0.2) is 5.76 Å². The lowest BCUT2D eigenvalue weighted by Crippen LogP contribution is -2.49. The zero-order valence-corrected chi connectivity index (χ0v) is 17.0. The van der Waals surface area contributed by atoms with Crippen LogP contribution in [0.4, 0.5) is 0 Å². The molecule has 2 aromatic rings. The van der Waals surface area contributed by atoms with Crippen LogP contribution in [0.15, 0.2) is 27.2 Å². The van der Waals surface area contributed by atoms with Crippen molar-refractivity contribution in [3.63, 3.8) is 0 Å². The number of piperazine rings is 1. The molecule has 0 radical (unpaired) electrons. The second-order valence-corrected chi connectivity index (χ2v) is 6.74. The Hall–Kier alpha value is -1.54. The first-order chi connectivity index (χ1) is 12.2. The lowest BCUT2D eigenvalue weighted by molar-refractivity contribution is -0.129. The van der Waals surface area contributed by atoms with Crippen LogP contribution in [0.2, 0.25) is 0 Å². The van der Waals surface area contributed by atoms with E-state index >= 15 is 0 Å². The Morgan fingerprint density at radius 3 is 2.78 bits per heavy atom. The molecule has 7 nitrogen and oxygen atoms in total. The van der Waals surface area contributed by atoms with Gasteiger partial charge in [-0.2, -0.15) is 0 Å². The van der Waals surface area contributed by atoms with Gasteiger partial charge < -0.3 is 19.1 Å². The summed E-state index contributed by atoms with van der Waals surface area (Å²) >= 11 is 0. The lowest BCUT2D eigenvalue weighted by Gasteiger charge is -2.32. The number of nitrogens with zero attached hydrogens (tertiary/aromatic N) is 3. The Balaban J connectivity index is 0.00000131. The maximum atomic E-state index is 12.7. The fourth-order valence-corrected chi connectivity index (χ4v) is 3.67. The van der Waals surface area contributed by atoms with Gasteiger partial charge in [-0.05, 0) is 25.5 Å². The molecule has 1 amide bonds. The van der Waals surface area contributed by atoms with Gasteiger partial charge in [0, 0.05) is 45.3 Å². The highest BCUT2D eigenvalue weighted by molar-refractivity contribution is 5.85. The van der Waals surface area contributed by atoms with Crippen molar-refractivity contribution < 1.29 is 13.6 Å². The minimum atomic E-state index is 0. The van der Waals surface area contributed by atoms with E-state index in [4.69, 9.17) is 8.83 Å². The number of carbonyl (C=O) groups is 1. The molecule has 150 valence electrons. The molecule has 4 rings (SSSR count). The smallest absolute Gasteiger partial charge is 0.263 e. The first-order valence-corrected chi connectivity index (χ1v) is 8.93. The van der Waals surface area contributed by atoms with E-state index in [9.17, 15) is 4.79 Å². The second-order valence-electron chi connectivity index (χ2n) is 6.74. The van der Waals surface area contributed by atoms with Crippen molar-refractivity contribution in [3.05, 3.63) is 29.9 Å². The number of aromatic nitrogens is 1. The molecule has 2 saturated heterocycles. The average molecular weight is 417 g/mol. The van der Waals surface area contributed by atoms with Gasteiger partial charge >= 0.3 is 0 Å². The Bertz CT molecular complexity index is 729. The Labute approximate surface area is 171 Å². The van der Waals surface area contributed by atoms with Crippen molar-refractivity contribution in [2.24, 2.45) is 0 Å². The minimum Gasteiger partial charge on any atom is -0.459 e. The van der Waals surface area contributed by atoms with Crippen molar-refractivity contribution >= 4 is 30.7 Å². The fourth-order valence-electron chi connectivity index (χ4n) is 3.67. The topological polar surface area (TPSA) is 74.8 Å². The lowest BCUT2D eigenvalue weighted by atomic mass is 10.2. The first kappa shape index (κ1) is 21.8. The number of furan rings is 1. The maximum Gasteiger partial charge on any atom is 0.263 e. The summed E-state index contributed by atoms with van der Waals surface area (Å²) in [6.45, 7) is 7.71. The summed E-state index contributed by atoms with van der Waals surface area (Å²) in [7, 11) is 0. The Morgan fingerprint density at radius 1 is 1.30 bits per heavy atom. The molecule has 0 spiro atoms. The molecule has 0 aromatic carbocycles.